The molecule has 2 aliphatic heterocycles. The molecule has 0 unspecified atom stereocenters. The van der Waals surface area contributed by atoms with Crippen molar-refractivity contribution < 1.29 is 19.1 Å². The van der Waals surface area contributed by atoms with E-state index in [1.807, 2.05) is 30.3 Å². The fourth-order valence-electron chi connectivity index (χ4n) is 5.20. The Balaban J connectivity index is 1.81. The maximum absolute atomic E-state index is 13.6. The number of amides is 2. The van der Waals surface area contributed by atoms with Gasteiger partial charge < -0.3 is 19.4 Å². The van der Waals surface area contributed by atoms with E-state index in [0.29, 0.717) is 23.0 Å². The predicted molar refractivity (Wildman–Crippen MR) is 131 cm³/mol. The van der Waals surface area contributed by atoms with Gasteiger partial charge >= 0.3 is 0 Å². The van der Waals surface area contributed by atoms with E-state index in [0.717, 1.165) is 40.0 Å². The monoisotopic (exact) mass is 459 g/mol. The summed E-state index contributed by atoms with van der Waals surface area (Å²) in [6, 6.07) is 11.9. The van der Waals surface area contributed by atoms with Crippen molar-refractivity contribution in [3.8, 4) is 11.5 Å². The van der Waals surface area contributed by atoms with Gasteiger partial charge in [-0.25, -0.2) is 0 Å². The fourth-order valence-corrected chi connectivity index (χ4v) is 5.20. The summed E-state index contributed by atoms with van der Waals surface area (Å²) in [5.41, 5.74) is 5.27. The minimum Gasteiger partial charge on any atom is -0.497 e. The average Bonchev–Trinajstić information content (AvgIpc) is 3.28. The standard InChI is InChI=1S/C27H29N3O4/c1-15(2)12-29-13-19-24(18-10-9-17(33-4)11-23(18)34-5)26-21(14-30(16(3)31)27(26)32)28-20-7-6-8-22(29)25(19)20/h6-11,13,15,24,28H,12,14H2,1-5H3/t24-/m1/s1. The van der Waals surface area contributed by atoms with Gasteiger partial charge in [0.25, 0.3) is 5.91 Å². The van der Waals surface area contributed by atoms with Gasteiger partial charge in [-0.1, -0.05) is 26.0 Å². The predicted octanol–water partition coefficient (Wildman–Crippen LogP) is 4.51. The number of nitrogens with zero attached hydrogens (tertiary/aromatic N) is 2. The lowest BCUT2D eigenvalue weighted by Crippen LogP contribution is -2.33. The van der Waals surface area contributed by atoms with E-state index in [4.69, 9.17) is 9.47 Å². The van der Waals surface area contributed by atoms with Gasteiger partial charge in [0, 0.05) is 54.0 Å². The van der Waals surface area contributed by atoms with Crippen LogP contribution in [0.4, 0.5) is 5.69 Å². The van der Waals surface area contributed by atoms with E-state index in [1.54, 1.807) is 14.2 Å². The zero-order valence-electron chi connectivity index (χ0n) is 20.1. The van der Waals surface area contributed by atoms with Crippen molar-refractivity contribution in [1.82, 2.24) is 9.47 Å². The van der Waals surface area contributed by atoms with Crippen molar-refractivity contribution in [3.05, 3.63) is 65.0 Å². The van der Waals surface area contributed by atoms with Crippen LogP contribution in [-0.2, 0) is 16.1 Å². The summed E-state index contributed by atoms with van der Waals surface area (Å²) < 4.78 is 13.4. The Morgan fingerprint density at radius 2 is 1.94 bits per heavy atom. The summed E-state index contributed by atoms with van der Waals surface area (Å²) in [5, 5.41) is 4.60. The van der Waals surface area contributed by atoms with E-state index in [9.17, 15) is 9.59 Å². The number of benzene rings is 2. The first-order chi connectivity index (χ1) is 16.3. The van der Waals surface area contributed by atoms with Crippen molar-refractivity contribution in [3.63, 3.8) is 0 Å². The van der Waals surface area contributed by atoms with Crippen LogP contribution in [-0.4, -0.2) is 42.0 Å². The highest BCUT2D eigenvalue weighted by Crippen LogP contribution is 2.49. The lowest BCUT2D eigenvalue weighted by atomic mass is 9.84. The van der Waals surface area contributed by atoms with E-state index < -0.39 is 5.92 Å². The quantitative estimate of drug-likeness (QED) is 0.608. The molecule has 3 heterocycles. The number of rotatable bonds is 5. The summed E-state index contributed by atoms with van der Waals surface area (Å²) in [6.45, 7) is 6.89. The van der Waals surface area contributed by atoms with Gasteiger partial charge in [0.05, 0.1) is 31.9 Å². The molecule has 34 heavy (non-hydrogen) atoms. The highest BCUT2D eigenvalue weighted by Gasteiger charge is 2.42. The maximum Gasteiger partial charge on any atom is 0.259 e. The topological polar surface area (TPSA) is 72.8 Å². The molecular formula is C27H29N3O4. The molecule has 7 heteroatoms. The van der Waals surface area contributed by atoms with Gasteiger partial charge in [0.1, 0.15) is 11.5 Å². The number of imide groups is 1. The smallest absolute Gasteiger partial charge is 0.259 e. The van der Waals surface area contributed by atoms with Crippen LogP contribution in [0.5, 0.6) is 11.5 Å². The first-order valence-electron chi connectivity index (χ1n) is 11.5. The Kier molecular flexibility index (Phi) is 5.35. The Bertz CT molecular complexity index is 1350. The molecule has 2 amide bonds. The van der Waals surface area contributed by atoms with E-state index in [-0.39, 0.29) is 18.4 Å². The first kappa shape index (κ1) is 22.1. The molecule has 0 saturated heterocycles. The van der Waals surface area contributed by atoms with Crippen LogP contribution < -0.4 is 14.8 Å². The minimum absolute atomic E-state index is 0.227. The van der Waals surface area contributed by atoms with Crippen molar-refractivity contribution in [2.45, 2.75) is 33.2 Å². The maximum atomic E-state index is 13.6. The fraction of sp³-hybridized carbons (Fsp3) is 0.333. The molecule has 7 nitrogen and oxygen atoms in total. The SMILES string of the molecule is COc1ccc([C@H]2C3=C(CN(C(C)=O)C3=O)Nc3cccc4c3c2cn4CC(C)C)c(OC)c1. The van der Waals surface area contributed by atoms with Crippen molar-refractivity contribution in [2.24, 2.45) is 5.92 Å². The molecule has 0 fully saturated rings. The lowest BCUT2D eigenvalue weighted by Gasteiger charge is -2.22. The molecule has 2 aliphatic rings. The van der Waals surface area contributed by atoms with E-state index >= 15 is 0 Å². The van der Waals surface area contributed by atoms with Gasteiger partial charge in [0.15, 0.2) is 0 Å². The second-order valence-corrected chi connectivity index (χ2v) is 9.30. The zero-order chi connectivity index (χ0) is 24.1. The van der Waals surface area contributed by atoms with Gasteiger partial charge in [-0.05, 0) is 29.7 Å². The third-order valence-electron chi connectivity index (χ3n) is 6.63. The van der Waals surface area contributed by atoms with Crippen LogP contribution in [0.2, 0.25) is 0 Å². The second kappa shape index (κ2) is 8.24. The van der Waals surface area contributed by atoms with Crippen molar-refractivity contribution in [2.75, 3.05) is 26.1 Å². The number of carbonyl (C=O) groups excluding carboxylic acids is 2. The number of hydrogen-bond acceptors (Lipinski definition) is 5. The summed E-state index contributed by atoms with van der Waals surface area (Å²) in [4.78, 5) is 27.2. The Hall–Kier alpha value is -3.74. The molecule has 0 radical (unpaired) electrons. The van der Waals surface area contributed by atoms with Crippen LogP contribution in [0.3, 0.4) is 0 Å². The minimum atomic E-state index is -0.403. The largest absolute Gasteiger partial charge is 0.497 e. The number of anilines is 1. The number of ether oxygens (including phenoxy) is 2. The summed E-state index contributed by atoms with van der Waals surface area (Å²) in [6.07, 6.45) is 2.16. The Morgan fingerprint density at radius 3 is 2.62 bits per heavy atom. The zero-order valence-corrected chi connectivity index (χ0v) is 20.1. The molecule has 1 N–H and O–H groups in total. The second-order valence-electron chi connectivity index (χ2n) is 9.30. The highest BCUT2D eigenvalue weighted by atomic mass is 16.5. The van der Waals surface area contributed by atoms with Crippen LogP contribution in [0.25, 0.3) is 10.9 Å². The third kappa shape index (κ3) is 3.34. The number of methoxy groups -OCH3 is 2. The normalized spacial score (nSPS) is 17.2. The molecular weight excluding hydrogens is 430 g/mol. The van der Waals surface area contributed by atoms with Crippen LogP contribution in [0.1, 0.15) is 37.8 Å². The molecule has 5 rings (SSSR count). The van der Waals surface area contributed by atoms with Gasteiger partial charge in [-0.15, -0.1) is 0 Å². The average molecular weight is 460 g/mol. The first-order valence-corrected chi connectivity index (χ1v) is 11.5. The van der Waals surface area contributed by atoms with E-state index in [1.165, 1.54) is 11.8 Å². The number of aromatic nitrogens is 1. The third-order valence-corrected chi connectivity index (χ3v) is 6.63. The Morgan fingerprint density at radius 1 is 1.15 bits per heavy atom. The van der Waals surface area contributed by atoms with Crippen LogP contribution in [0.15, 0.2) is 53.9 Å². The van der Waals surface area contributed by atoms with Gasteiger partial charge in [0.2, 0.25) is 5.91 Å². The molecule has 0 saturated carbocycles. The number of carbonyl (C=O) groups is 2. The van der Waals surface area contributed by atoms with Crippen molar-refractivity contribution >= 4 is 28.4 Å². The van der Waals surface area contributed by atoms with Crippen LogP contribution in [0, 0.1) is 5.92 Å². The molecule has 1 aromatic heterocycles. The highest BCUT2D eigenvalue weighted by molar-refractivity contribution is 6.11. The summed E-state index contributed by atoms with van der Waals surface area (Å²) in [5.74, 6) is 0.821. The molecule has 0 spiro atoms. The van der Waals surface area contributed by atoms with Crippen molar-refractivity contribution in [1.29, 1.82) is 0 Å². The summed E-state index contributed by atoms with van der Waals surface area (Å²) >= 11 is 0. The molecule has 3 aromatic rings. The number of nitrogens with one attached hydrogen (secondary N) is 1. The van der Waals surface area contributed by atoms with Gasteiger partial charge in [-0.2, -0.15) is 0 Å². The van der Waals surface area contributed by atoms with Crippen LogP contribution >= 0.6 is 0 Å². The molecule has 2 aromatic carbocycles. The Labute approximate surface area is 198 Å². The lowest BCUT2D eigenvalue weighted by molar-refractivity contribution is -0.139. The van der Waals surface area contributed by atoms with E-state index in [2.05, 4.69) is 36.0 Å². The molecule has 1 atom stereocenters. The molecule has 0 aliphatic carbocycles. The molecule has 176 valence electrons. The summed E-state index contributed by atoms with van der Waals surface area (Å²) in [7, 11) is 3.23. The van der Waals surface area contributed by atoms with Gasteiger partial charge in [-0.3, -0.25) is 14.5 Å². The number of hydrogen-bond donors (Lipinski definition) is 1. The molecule has 0 bridgehead atoms.